The normalized spacial score (nSPS) is 10.6. The Morgan fingerprint density at radius 1 is 1.30 bits per heavy atom. The van der Waals surface area contributed by atoms with Gasteiger partial charge < -0.3 is 14.2 Å². The topological polar surface area (TPSA) is 51.5 Å². The Bertz CT molecular complexity index is 646. The van der Waals surface area contributed by atoms with E-state index in [1.165, 1.54) is 7.11 Å². The van der Waals surface area contributed by atoms with Crippen LogP contribution in [0.2, 0.25) is 0 Å². The standard InChI is InChI=1S/C15H18N2O3/c1-16(9-8-14(18)20-3)15(19)12-10-17(2)13-7-5-4-6-11(12)13/h4-7,10H,8-9H2,1-3H3. The molecule has 1 heterocycles. The Morgan fingerprint density at radius 2 is 2.00 bits per heavy atom. The van der Waals surface area contributed by atoms with E-state index in [0.717, 1.165) is 10.9 Å². The molecule has 0 bridgehead atoms. The molecule has 1 aromatic heterocycles. The molecule has 1 aromatic carbocycles. The number of nitrogens with zero attached hydrogens (tertiary/aromatic N) is 2. The number of amides is 1. The van der Waals surface area contributed by atoms with Crippen LogP contribution in [-0.2, 0) is 16.6 Å². The molecular weight excluding hydrogens is 256 g/mol. The molecule has 0 fully saturated rings. The van der Waals surface area contributed by atoms with E-state index in [-0.39, 0.29) is 18.3 Å². The Morgan fingerprint density at radius 3 is 2.70 bits per heavy atom. The molecule has 0 aliphatic rings. The van der Waals surface area contributed by atoms with Gasteiger partial charge in [0.25, 0.3) is 5.91 Å². The summed E-state index contributed by atoms with van der Waals surface area (Å²) in [5.74, 6) is -0.409. The summed E-state index contributed by atoms with van der Waals surface area (Å²) in [6.45, 7) is 0.342. The van der Waals surface area contributed by atoms with Crippen molar-refractivity contribution in [3.05, 3.63) is 36.0 Å². The number of ether oxygens (including phenoxy) is 1. The first-order valence-corrected chi connectivity index (χ1v) is 6.41. The largest absolute Gasteiger partial charge is 0.469 e. The number of fused-ring (bicyclic) bond motifs is 1. The lowest BCUT2D eigenvalue weighted by Crippen LogP contribution is -2.29. The van der Waals surface area contributed by atoms with Crippen LogP contribution in [0, 0.1) is 0 Å². The molecular formula is C15H18N2O3. The SMILES string of the molecule is COC(=O)CCN(C)C(=O)c1cn(C)c2ccccc12. The highest BCUT2D eigenvalue weighted by molar-refractivity contribution is 6.06. The summed E-state index contributed by atoms with van der Waals surface area (Å²) in [4.78, 5) is 25.1. The molecule has 0 aliphatic carbocycles. The second-order valence-electron chi connectivity index (χ2n) is 4.72. The lowest BCUT2D eigenvalue weighted by molar-refractivity contribution is -0.140. The first-order chi connectivity index (χ1) is 9.54. The molecule has 5 heteroatoms. The minimum atomic E-state index is -0.317. The number of hydrogen-bond acceptors (Lipinski definition) is 3. The van der Waals surface area contributed by atoms with Gasteiger partial charge in [0.1, 0.15) is 0 Å². The van der Waals surface area contributed by atoms with Crippen molar-refractivity contribution in [1.29, 1.82) is 0 Å². The second kappa shape index (κ2) is 5.77. The molecule has 0 unspecified atom stereocenters. The van der Waals surface area contributed by atoms with Crippen molar-refractivity contribution in [2.24, 2.45) is 7.05 Å². The van der Waals surface area contributed by atoms with Gasteiger partial charge in [-0.25, -0.2) is 0 Å². The number of esters is 1. The van der Waals surface area contributed by atoms with E-state index in [0.29, 0.717) is 12.1 Å². The average Bonchev–Trinajstić information content (AvgIpc) is 2.81. The van der Waals surface area contributed by atoms with Crippen molar-refractivity contribution in [2.45, 2.75) is 6.42 Å². The number of para-hydroxylation sites is 1. The molecule has 0 spiro atoms. The molecule has 2 aromatic rings. The zero-order valence-corrected chi connectivity index (χ0v) is 11.9. The maximum Gasteiger partial charge on any atom is 0.307 e. The Hall–Kier alpha value is -2.30. The van der Waals surface area contributed by atoms with Gasteiger partial charge in [-0.05, 0) is 6.07 Å². The zero-order chi connectivity index (χ0) is 14.7. The van der Waals surface area contributed by atoms with E-state index in [4.69, 9.17) is 0 Å². The first-order valence-electron chi connectivity index (χ1n) is 6.41. The van der Waals surface area contributed by atoms with Crippen LogP contribution >= 0.6 is 0 Å². The van der Waals surface area contributed by atoms with Gasteiger partial charge in [-0.15, -0.1) is 0 Å². The van der Waals surface area contributed by atoms with Gasteiger partial charge >= 0.3 is 5.97 Å². The number of carbonyl (C=O) groups excluding carboxylic acids is 2. The van der Waals surface area contributed by atoms with Gasteiger partial charge in [0, 0.05) is 37.7 Å². The Labute approximate surface area is 117 Å². The van der Waals surface area contributed by atoms with Crippen molar-refractivity contribution < 1.29 is 14.3 Å². The third-order valence-corrected chi connectivity index (χ3v) is 3.35. The van der Waals surface area contributed by atoms with Gasteiger partial charge in [0.05, 0.1) is 19.1 Å². The number of hydrogen-bond donors (Lipinski definition) is 0. The summed E-state index contributed by atoms with van der Waals surface area (Å²) in [6, 6.07) is 7.75. The van der Waals surface area contributed by atoms with Crippen molar-refractivity contribution in [3.8, 4) is 0 Å². The molecule has 2 rings (SSSR count). The third-order valence-electron chi connectivity index (χ3n) is 3.35. The summed E-state index contributed by atoms with van der Waals surface area (Å²) in [7, 11) is 4.94. The van der Waals surface area contributed by atoms with Crippen LogP contribution in [0.5, 0.6) is 0 Å². The van der Waals surface area contributed by atoms with E-state index in [1.54, 1.807) is 11.9 Å². The minimum Gasteiger partial charge on any atom is -0.469 e. The van der Waals surface area contributed by atoms with Crippen LogP contribution in [0.1, 0.15) is 16.8 Å². The van der Waals surface area contributed by atoms with Crippen LogP contribution in [-0.4, -0.2) is 42.0 Å². The van der Waals surface area contributed by atoms with Crippen molar-refractivity contribution in [2.75, 3.05) is 20.7 Å². The molecule has 0 atom stereocenters. The van der Waals surface area contributed by atoms with Crippen molar-refractivity contribution in [1.82, 2.24) is 9.47 Å². The highest BCUT2D eigenvalue weighted by Gasteiger charge is 2.18. The molecule has 5 nitrogen and oxygen atoms in total. The number of rotatable bonds is 4. The van der Waals surface area contributed by atoms with Gasteiger partial charge in [0.2, 0.25) is 0 Å². The van der Waals surface area contributed by atoms with Crippen LogP contribution in [0.3, 0.4) is 0 Å². The molecule has 0 N–H and O–H groups in total. The number of methoxy groups -OCH3 is 1. The number of benzene rings is 1. The first kappa shape index (κ1) is 14.1. The predicted octanol–water partition coefficient (Wildman–Crippen LogP) is 1.81. The summed E-state index contributed by atoms with van der Waals surface area (Å²) in [5, 5.41) is 0.921. The Kier molecular flexibility index (Phi) is 4.08. The van der Waals surface area contributed by atoms with E-state index >= 15 is 0 Å². The smallest absolute Gasteiger partial charge is 0.307 e. The van der Waals surface area contributed by atoms with Crippen LogP contribution in [0.15, 0.2) is 30.5 Å². The van der Waals surface area contributed by atoms with E-state index in [9.17, 15) is 9.59 Å². The van der Waals surface area contributed by atoms with Crippen molar-refractivity contribution in [3.63, 3.8) is 0 Å². The molecule has 0 aliphatic heterocycles. The molecule has 106 valence electrons. The van der Waals surface area contributed by atoms with Gasteiger partial charge in [0.15, 0.2) is 0 Å². The lowest BCUT2D eigenvalue weighted by atomic mass is 10.1. The molecule has 1 amide bonds. The quantitative estimate of drug-likeness (QED) is 0.799. The van der Waals surface area contributed by atoms with E-state index < -0.39 is 0 Å². The molecule has 0 radical (unpaired) electrons. The zero-order valence-electron chi connectivity index (χ0n) is 11.9. The fourth-order valence-corrected chi connectivity index (χ4v) is 2.18. The number of carbonyl (C=O) groups is 2. The lowest BCUT2D eigenvalue weighted by Gasteiger charge is -2.15. The third kappa shape index (κ3) is 2.66. The number of aromatic nitrogens is 1. The van der Waals surface area contributed by atoms with Gasteiger partial charge in [-0.1, -0.05) is 18.2 Å². The second-order valence-corrected chi connectivity index (χ2v) is 4.72. The highest BCUT2D eigenvalue weighted by atomic mass is 16.5. The molecule has 20 heavy (non-hydrogen) atoms. The molecule has 0 saturated heterocycles. The summed E-state index contributed by atoms with van der Waals surface area (Å²) < 4.78 is 6.51. The van der Waals surface area contributed by atoms with Gasteiger partial charge in [-0.3, -0.25) is 9.59 Å². The van der Waals surface area contributed by atoms with E-state index in [2.05, 4.69) is 4.74 Å². The van der Waals surface area contributed by atoms with E-state index in [1.807, 2.05) is 42.1 Å². The fraction of sp³-hybridized carbons (Fsp3) is 0.333. The minimum absolute atomic E-state index is 0.0919. The summed E-state index contributed by atoms with van der Waals surface area (Å²) in [5.41, 5.74) is 1.66. The molecule has 0 saturated carbocycles. The Balaban J connectivity index is 2.21. The fourth-order valence-electron chi connectivity index (χ4n) is 2.18. The summed E-state index contributed by atoms with van der Waals surface area (Å²) in [6.07, 6.45) is 2.02. The maximum atomic E-state index is 12.4. The monoisotopic (exact) mass is 274 g/mol. The average molecular weight is 274 g/mol. The highest BCUT2D eigenvalue weighted by Crippen LogP contribution is 2.21. The van der Waals surface area contributed by atoms with Crippen molar-refractivity contribution >= 4 is 22.8 Å². The van der Waals surface area contributed by atoms with Crippen LogP contribution in [0.25, 0.3) is 10.9 Å². The summed E-state index contributed by atoms with van der Waals surface area (Å²) >= 11 is 0. The number of aryl methyl sites for hydroxylation is 1. The predicted molar refractivity (Wildman–Crippen MR) is 76.5 cm³/mol. The maximum absolute atomic E-state index is 12.4. The van der Waals surface area contributed by atoms with Gasteiger partial charge in [-0.2, -0.15) is 0 Å². The van der Waals surface area contributed by atoms with Crippen LogP contribution < -0.4 is 0 Å². The van der Waals surface area contributed by atoms with Crippen LogP contribution in [0.4, 0.5) is 0 Å².